The van der Waals surface area contributed by atoms with E-state index in [2.05, 4.69) is 38.5 Å². The van der Waals surface area contributed by atoms with Gasteiger partial charge < -0.3 is 0 Å². The first-order valence-corrected chi connectivity index (χ1v) is 7.33. The van der Waals surface area contributed by atoms with Crippen LogP contribution >= 0.6 is 49.9 Å². The maximum Gasteiger partial charge on any atom is 0.202 e. The first kappa shape index (κ1) is 12.3. The van der Waals surface area contributed by atoms with Crippen molar-refractivity contribution in [3.8, 4) is 0 Å². The van der Waals surface area contributed by atoms with Crippen molar-refractivity contribution in [2.75, 3.05) is 0 Å². The Morgan fingerprint density at radius 3 is 2.44 bits per heavy atom. The molecule has 2 aromatic rings. The Hall–Kier alpha value is -0.200. The predicted octanol–water partition coefficient (Wildman–Crippen LogP) is 4.65. The minimum absolute atomic E-state index is 0.0928. The average Bonchev–Trinajstić information content (AvgIpc) is 2.59. The van der Waals surface area contributed by atoms with Gasteiger partial charge in [-0.05, 0) is 81.3 Å². The Morgan fingerprint density at radius 1 is 1.31 bits per heavy atom. The van der Waals surface area contributed by atoms with Crippen LogP contribution in [0.5, 0.6) is 0 Å². The Kier molecular flexibility index (Phi) is 3.81. The molecule has 1 heterocycles. The van der Waals surface area contributed by atoms with Crippen LogP contribution in [0.3, 0.4) is 0 Å². The minimum atomic E-state index is 0.0928. The lowest BCUT2D eigenvalue weighted by Crippen LogP contribution is -1.97. The Bertz CT molecular complexity index is 511. The number of rotatable bonds is 2. The van der Waals surface area contributed by atoms with Crippen molar-refractivity contribution in [2.45, 2.75) is 6.92 Å². The van der Waals surface area contributed by atoms with Crippen LogP contribution in [0.15, 0.2) is 34.1 Å². The van der Waals surface area contributed by atoms with E-state index in [0.717, 1.165) is 23.4 Å². The predicted molar refractivity (Wildman–Crippen MR) is 79.3 cm³/mol. The maximum absolute atomic E-state index is 12.1. The van der Waals surface area contributed by atoms with E-state index >= 15 is 0 Å². The van der Waals surface area contributed by atoms with Gasteiger partial charge in [0, 0.05) is 9.13 Å². The van der Waals surface area contributed by atoms with E-state index in [4.69, 9.17) is 0 Å². The second-order valence-electron chi connectivity index (χ2n) is 3.40. The minimum Gasteiger partial charge on any atom is -0.288 e. The summed E-state index contributed by atoms with van der Waals surface area (Å²) in [5.74, 6) is 0.0928. The third kappa shape index (κ3) is 2.55. The Morgan fingerprint density at radius 2 is 1.94 bits per heavy atom. The first-order chi connectivity index (χ1) is 7.58. The molecule has 0 aliphatic rings. The van der Waals surface area contributed by atoms with Crippen LogP contribution in [0, 0.1) is 10.5 Å². The molecule has 0 aliphatic heterocycles. The lowest BCUT2D eigenvalue weighted by Gasteiger charge is -1.97. The number of hydrogen-bond acceptors (Lipinski definition) is 2. The molecule has 0 saturated heterocycles. The highest BCUT2D eigenvalue weighted by Crippen LogP contribution is 2.29. The second-order valence-corrected chi connectivity index (χ2v) is 7.02. The summed E-state index contributed by atoms with van der Waals surface area (Å²) in [7, 11) is 0. The van der Waals surface area contributed by atoms with E-state index in [-0.39, 0.29) is 5.78 Å². The summed E-state index contributed by atoms with van der Waals surface area (Å²) in [4.78, 5) is 12.9. The van der Waals surface area contributed by atoms with Gasteiger partial charge >= 0.3 is 0 Å². The van der Waals surface area contributed by atoms with Gasteiger partial charge in [0.25, 0.3) is 0 Å². The van der Waals surface area contributed by atoms with Gasteiger partial charge in [0.1, 0.15) is 0 Å². The zero-order valence-corrected chi connectivity index (χ0v) is 13.0. The molecule has 0 saturated carbocycles. The summed E-state index contributed by atoms with van der Waals surface area (Å²) >= 11 is 7.15. The van der Waals surface area contributed by atoms with E-state index in [1.807, 2.05) is 37.3 Å². The van der Waals surface area contributed by atoms with E-state index in [1.165, 1.54) is 11.3 Å². The van der Waals surface area contributed by atoms with Gasteiger partial charge in [-0.15, -0.1) is 11.3 Å². The molecule has 1 nitrogen and oxygen atoms in total. The molecule has 4 heteroatoms. The van der Waals surface area contributed by atoms with Crippen LogP contribution in [0.2, 0.25) is 0 Å². The van der Waals surface area contributed by atoms with Crippen LogP contribution in [-0.2, 0) is 0 Å². The molecule has 0 radical (unpaired) electrons. The quantitative estimate of drug-likeness (QED) is 0.523. The third-order valence-corrected chi connectivity index (χ3v) is 5.04. The molecule has 0 aliphatic carbocycles. The fourth-order valence-electron chi connectivity index (χ4n) is 1.32. The molecule has 82 valence electrons. The van der Waals surface area contributed by atoms with Crippen molar-refractivity contribution in [3.05, 3.63) is 53.7 Å². The molecule has 2 rings (SSSR count). The highest BCUT2D eigenvalue weighted by Gasteiger charge is 2.13. The molecule has 0 unspecified atom stereocenters. The monoisotopic (exact) mass is 406 g/mol. The highest BCUT2D eigenvalue weighted by atomic mass is 127. The summed E-state index contributed by atoms with van der Waals surface area (Å²) in [6, 6.07) is 9.56. The zero-order chi connectivity index (χ0) is 11.7. The van der Waals surface area contributed by atoms with Gasteiger partial charge in [0.15, 0.2) is 0 Å². The number of hydrogen-bond donors (Lipinski definition) is 0. The second kappa shape index (κ2) is 4.98. The van der Waals surface area contributed by atoms with Crippen molar-refractivity contribution in [2.24, 2.45) is 0 Å². The number of aryl methyl sites for hydroxylation is 1. The Balaban J connectivity index is 2.35. The number of carbonyl (C=O) groups is 1. The Labute approximate surface area is 120 Å². The number of benzene rings is 1. The van der Waals surface area contributed by atoms with Crippen LogP contribution in [0.4, 0.5) is 0 Å². The molecule has 0 amide bonds. The standard InChI is InChI=1S/C12H8BrIOS/c1-7-6-10(16-12(7)13)11(15)8-2-4-9(14)5-3-8/h2-6H,1H3. The number of ketones is 1. The lowest BCUT2D eigenvalue weighted by molar-refractivity contribution is 0.104. The molecule has 0 bridgehead atoms. The molecular formula is C12H8BrIOS. The van der Waals surface area contributed by atoms with E-state index in [1.54, 1.807) is 0 Å². The van der Waals surface area contributed by atoms with E-state index in [0.29, 0.717) is 0 Å². The van der Waals surface area contributed by atoms with Crippen molar-refractivity contribution >= 4 is 55.6 Å². The van der Waals surface area contributed by atoms with Gasteiger partial charge in [0.2, 0.25) is 5.78 Å². The lowest BCUT2D eigenvalue weighted by atomic mass is 10.1. The van der Waals surface area contributed by atoms with Crippen LogP contribution in [0.1, 0.15) is 20.8 Å². The molecule has 0 spiro atoms. The fraction of sp³-hybridized carbons (Fsp3) is 0.0833. The molecule has 0 fully saturated rings. The van der Waals surface area contributed by atoms with Gasteiger partial charge in [-0.1, -0.05) is 0 Å². The largest absolute Gasteiger partial charge is 0.288 e. The van der Waals surface area contributed by atoms with Crippen molar-refractivity contribution < 1.29 is 4.79 Å². The number of halogens is 2. The topological polar surface area (TPSA) is 17.1 Å². The fourth-order valence-corrected chi connectivity index (χ4v) is 3.17. The molecular weight excluding hydrogens is 399 g/mol. The maximum atomic E-state index is 12.1. The summed E-state index contributed by atoms with van der Waals surface area (Å²) in [6.45, 7) is 1.99. The van der Waals surface area contributed by atoms with Crippen molar-refractivity contribution in [1.82, 2.24) is 0 Å². The molecule has 1 aromatic carbocycles. The van der Waals surface area contributed by atoms with E-state index < -0.39 is 0 Å². The highest BCUT2D eigenvalue weighted by molar-refractivity contribution is 14.1. The van der Waals surface area contributed by atoms with Crippen LogP contribution in [0.25, 0.3) is 0 Å². The number of carbonyl (C=O) groups excluding carboxylic acids is 1. The zero-order valence-electron chi connectivity index (χ0n) is 8.46. The van der Waals surface area contributed by atoms with Gasteiger partial charge in [-0.25, -0.2) is 0 Å². The molecule has 0 N–H and O–H groups in total. The summed E-state index contributed by atoms with van der Waals surface area (Å²) in [5, 5.41) is 0. The molecule has 16 heavy (non-hydrogen) atoms. The molecule has 1 aromatic heterocycles. The smallest absolute Gasteiger partial charge is 0.202 e. The first-order valence-electron chi connectivity index (χ1n) is 4.64. The van der Waals surface area contributed by atoms with E-state index in [9.17, 15) is 4.79 Å². The van der Waals surface area contributed by atoms with Crippen molar-refractivity contribution in [1.29, 1.82) is 0 Å². The SMILES string of the molecule is Cc1cc(C(=O)c2ccc(I)cc2)sc1Br. The van der Waals surface area contributed by atoms with Crippen molar-refractivity contribution in [3.63, 3.8) is 0 Å². The normalized spacial score (nSPS) is 10.4. The van der Waals surface area contributed by atoms with Crippen LogP contribution < -0.4 is 0 Å². The van der Waals surface area contributed by atoms with Gasteiger partial charge in [-0.2, -0.15) is 0 Å². The van der Waals surface area contributed by atoms with Gasteiger partial charge in [-0.3, -0.25) is 4.79 Å². The molecule has 0 atom stereocenters. The van der Waals surface area contributed by atoms with Crippen LogP contribution in [-0.4, -0.2) is 5.78 Å². The average molecular weight is 407 g/mol. The summed E-state index contributed by atoms with van der Waals surface area (Å²) in [6.07, 6.45) is 0. The summed E-state index contributed by atoms with van der Waals surface area (Å²) in [5.41, 5.74) is 1.85. The van der Waals surface area contributed by atoms with Gasteiger partial charge in [0.05, 0.1) is 8.66 Å². The third-order valence-electron chi connectivity index (χ3n) is 2.19. The number of thiophene rings is 1. The summed E-state index contributed by atoms with van der Waals surface area (Å²) < 4.78 is 2.17.